The minimum absolute atomic E-state index is 0.0865. The Morgan fingerprint density at radius 2 is 1.94 bits per heavy atom. The predicted octanol–water partition coefficient (Wildman–Crippen LogP) is 0.347. The molecule has 5 nitrogen and oxygen atoms in total. The van der Waals surface area contributed by atoms with Crippen molar-refractivity contribution in [2.45, 2.75) is 44.5 Å². The number of carbonyl (C=O) groups is 1. The molecule has 0 saturated heterocycles. The smallest absolute Gasteiger partial charge is 0.451 e. The van der Waals surface area contributed by atoms with Crippen molar-refractivity contribution >= 4 is 13.1 Å². The van der Waals surface area contributed by atoms with Crippen LogP contribution in [0.25, 0.3) is 0 Å². The van der Waals surface area contributed by atoms with E-state index < -0.39 is 13.1 Å². The largest absolute Gasteiger partial charge is 0.481 e. The summed E-state index contributed by atoms with van der Waals surface area (Å²) in [5.41, 5.74) is 0. The number of rotatable bonds is 5. The van der Waals surface area contributed by atoms with E-state index in [1.54, 1.807) is 0 Å². The zero-order valence-corrected chi connectivity index (χ0v) is 10.4. The first-order valence-corrected chi connectivity index (χ1v) is 6.76. The number of carboxylic acids is 1. The lowest BCUT2D eigenvalue weighted by Crippen LogP contribution is -2.23. The fraction of sp³-hybridized carbons (Fsp3) is 0.917. The molecule has 2 fully saturated rings. The minimum atomic E-state index is -1.31. The molecule has 0 aromatic heterocycles. The Morgan fingerprint density at radius 1 is 1.22 bits per heavy atom. The Bertz CT molecular complexity index is 309. The number of fused-ring (bicyclic) bond motifs is 1. The first kappa shape index (κ1) is 13.8. The maximum absolute atomic E-state index is 11.3. The van der Waals surface area contributed by atoms with Crippen molar-refractivity contribution in [1.82, 2.24) is 0 Å². The van der Waals surface area contributed by atoms with Gasteiger partial charge in [0, 0.05) is 0 Å². The van der Waals surface area contributed by atoms with Gasteiger partial charge in [0.25, 0.3) is 0 Å². The van der Waals surface area contributed by atoms with Crippen LogP contribution < -0.4 is 0 Å². The second-order valence-electron chi connectivity index (χ2n) is 5.80. The molecular weight excluding hydrogens is 235 g/mol. The van der Waals surface area contributed by atoms with Crippen LogP contribution in [0.4, 0.5) is 0 Å². The number of carboxylic acid groups (broad SMARTS) is 1. The van der Waals surface area contributed by atoms with E-state index in [0.717, 1.165) is 6.42 Å². The van der Waals surface area contributed by atoms with E-state index in [1.165, 1.54) is 0 Å². The fourth-order valence-electron chi connectivity index (χ4n) is 3.96. The summed E-state index contributed by atoms with van der Waals surface area (Å²) in [5.74, 6) is -0.331. The SMILES string of the molecule is O=C(O)[C@@H]1C[C@H]2C[C@H](O)C[C@H]2[C@@H]1CCCB(O)O. The second kappa shape index (κ2) is 5.59. The molecule has 5 atom stereocenters. The van der Waals surface area contributed by atoms with Crippen LogP contribution in [0.1, 0.15) is 32.1 Å². The lowest BCUT2D eigenvalue weighted by atomic mass is 9.78. The molecule has 2 saturated carbocycles. The molecule has 0 radical (unpaired) electrons. The zero-order valence-electron chi connectivity index (χ0n) is 10.4. The summed E-state index contributed by atoms with van der Waals surface area (Å²) in [4.78, 5) is 11.3. The monoisotopic (exact) mass is 256 g/mol. The topological polar surface area (TPSA) is 98.0 Å². The third-order valence-electron chi connectivity index (χ3n) is 4.66. The van der Waals surface area contributed by atoms with Crippen molar-refractivity contribution in [2.75, 3.05) is 0 Å². The molecule has 0 aromatic carbocycles. The van der Waals surface area contributed by atoms with Crippen LogP contribution in [0.5, 0.6) is 0 Å². The quantitative estimate of drug-likeness (QED) is 0.532. The predicted molar refractivity (Wildman–Crippen MR) is 65.7 cm³/mol. The highest BCUT2D eigenvalue weighted by Crippen LogP contribution is 2.52. The highest BCUT2D eigenvalue weighted by molar-refractivity contribution is 6.40. The summed E-state index contributed by atoms with van der Waals surface area (Å²) < 4.78 is 0. The van der Waals surface area contributed by atoms with Gasteiger partial charge < -0.3 is 20.3 Å². The van der Waals surface area contributed by atoms with Crippen LogP contribution in [0.3, 0.4) is 0 Å². The van der Waals surface area contributed by atoms with Crippen LogP contribution in [-0.2, 0) is 4.79 Å². The molecular formula is C12H21BO5. The Morgan fingerprint density at radius 3 is 2.56 bits per heavy atom. The number of aliphatic hydroxyl groups is 1. The minimum Gasteiger partial charge on any atom is -0.481 e. The molecule has 0 aromatic rings. The number of hydrogen-bond donors (Lipinski definition) is 4. The van der Waals surface area contributed by atoms with Gasteiger partial charge in [0.2, 0.25) is 0 Å². The van der Waals surface area contributed by atoms with Gasteiger partial charge in [0.05, 0.1) is 12.0 Å². The molecule has 0 heterocycles. The van der Waals surface area contributed by atoms with Gasteiger partial charge in [-0.2, -0.15) is 0 Å². The van der Waals surface area contributed by atoms with E-state index >= 15 is 0 Å². The highest BCUT2D eigenvalue weighted by atomic mass is 16.4. The number of hydrogen-bond acceptors (Lipinski definition) is 4. The number of aliphatic carboxylic acids is 1. The molecule has 0 amide bonds. The van der Waals surface area contributed by atoms with Crippen molar-refractivity contribution in [1.29, 1.82) is 0 Å². The molecule has 18 heavy (non-hydrogen) atoms. The van der Waals surface area contributed by atoms with Crippen molar-refractivity contribution < 1.29 is 25.1 Å². The van der Waals surface area contributed by atoms with Crippen LogP contribution >= 0.6 is 0 Å². The lowest BCUT2D eigenvalue weighted by molar-refractivity contribution is -0.143. The Kier molecular flexibility index (Phi) is 4.30. The van der Waals surface area contributed by atoms with E-state index in [0.29, 0.717) is 43.8 Å². The molecule has 2 rings (SSSR count). The Labute approximate surface area is 107 Å². The van der Waals surface area contributed by atoms with Crippen LogP contribution in [-0.4, -0.2) is 39.5 Å². The van der Waals surface area contributed by atoms with Gasteiger partial charge in [0.15, 0.2) is 0 Å². The van der Waals surface area contributed by atoms with E-state index in [4.69, 9.17) is 10.0 Å². The van der Waals surface area contributed by atoms with Crippen molar-refractivity contribution in [3.8, 4) is 0 Å². The van der Waals surface area contributed by atoms with Crippen LogP contribution in [0.15, 0.2) is 0 Å². The van der Waals surface area contributed by atoms with Gasteiger partial charge >= 0.3 is 13.1 Å². The summed E-state index contributed by atoms with van der Waals surface area (Å²) in [6.07, 6.45) is 3.47. The van der Waals surface area contributed by atoms with Gasteiger partial charge in [-0.1, -0.05) is 6.42 Å². The highest BCUT2D eigenvalue weighted by Gasteiger charge is 2.50. The fourth-order valence-corrected chi connectivity index (χ4v) is 3.96. The summed E-state index contributed by atoms with van der Waals surface area (Å²) in [6, 6.07) is 0. The standard InChI is InChI=1S/C12H21BO5/c14-8-4-7-5-11(12(15)16)9(10(7)6-8)2-1-3-13(17)18/h7-11,14,17-18H,1-6H2,(H,15,16)/t7-,8+,9+,10-,11-/m1/s1. The van der Waals surface area contributed by atoms with Gasteiger partial charge in [-0.3, -0.25) is 4.79 Å². The lowest BCUT2D eigenvalue weighted by Gasteiger charge is -2.22. The van der Waals surface area contributed by atoms with Crippen molar-refractivity contribution in [3.63, 3.8) is 0 Å². The molecule has 0 spiro atoms. The first-order chi connectivity index (χ1) is 8.49. The maximum atomic E-state index is 11.3. The van der Waals surface area contributed by atoms with Gasteiger partial charge in [0.1, 0.15) is 0 Å². The van der Waals surface area contributed by atoms with E-state index in [1.807, 2.05) is 0 Å². The molecule has 2 aliphatic carbocycles. The van der Waals surface area contributed by atoms with Gasteiger partial charge in [-0.25, -0.2) is 0 Å². The average Bonchev–Trinajstić information content (AvgIpc) is 2.75. The third kappa shape index (κ3) is 2.87. The van der Waals surface area contributed by atoms with Gasteiger partial charge in [-0.15, -0.1) is 0 Å². The molecule has 102 valence electrons. The van der Waals surface area contributed by atoms with Gasteiger partial charge in [-0.05, 0) is 49.8 Å². The number of aliphatic hydroxyl groups excluding tert-OH is 1. The molecule has 0 unspecified atom stereocenters. The maximum Gasteiger partial charge on any atom is 0.451 e. The first-order valence-electron chi connectivity index (χ1n) is 6.76. The summed E-state index contributed by atoms with van der Waals surface area (Å²) >= 11 is 0. The summed E-state index contributed by atoms with van der Waals surface area (Å²) in [6.45, 7) is 0. The van der Waals surface area contributed by atoms with Crippen LogP contribution in [0.2, 0.25) is 6.32 Å². The Balaban J connectivity index is 1.96. The molecule has 6 heteroatoms. The molecule has 2 aliphatic rings. The average molecular weight is 256 g/mol. The molecule has 0 aliphatic heterocycles. The van der Waals surface area contributed by atoms with Crippen LogP contribution in [0, 0.1) is 23.7 Å². The Hall–Kier alpha value is -0.585. The van der Waals surface area contributed by atoms with Crippen molar-refractivity contribution in [2.24, 2.45) is 23.7 Å². The third-order valence-corrected chi connectivity index (χ3v) is 4.66. The van der Waals surface area contributed by atoms with E-state index in [9.17, 15) is 15.0 Å². The second-order valence-corrected chi connectivity index (χ2v) is 5.80. The zero-order chi connectivity index (χ0) is 13.3. The van der Waals surface area contributed by atoms with E-state index in [-0.39, 0.29) is 17.9 Å². The molecule has 4 N–H and O–H groups in total. The summed E-state index contributed by atoms with van der Waals surface area (Å²) in [5, 5.41) is 36.6. The summed E-state index contributed by atoms with van der Waals surface area (Å²) in [7, 11) is -1.31. The normalized spacial score (nSPS) is 38.7. The van der Waals surface area contributed by atoms with E-state index in [2.05, 4.69) is 0 Å². The molecule has 0 bridgehead atoms. The van der Waals surface area contributed by atoms with Crippen molar-refractivity contribution in [3.05, 3.63) is 0 Å².